The minimum atomic E-state index is -0.203. The zero-order valence-electron chi connectivity index (χ0n) is 14.8. The van der Waals surface area contributed by atoms with E-state index < -0.39 is 0 Å². The second-order valence-electron chi connectivity index (χ2n) is 7.47. The summed E-state index contributed by atoms with van der Waals surface area (Å²) < 4.78 is 5.18. The number of hydrogen-bond acceptors (Lipinski definition) is 4. The molecule has 1 spiro atoms. The third kappa shape index (κ3) is 3.33. The summed E-state index contributed by atoms with van der Waals surface area (Å²) in [6.45, 7) is 6.24. The molecule has 4 rings (SSSR count). The Labute approximate surface area is 148 Å². The SMILES string of the molecule is Cc1cccc(CN2CC[C@]3(CCCN(Cc4ccoc4)C3)C2=O)n1. The average Bonchev–Trinajstić information content (AvgIpc) is 3.20. The molecule has 0 N–H and O–H groups in total. The van der Waals surface area contributed by atoms with Crippen LogP contribution in [0.1, 0.15) is 36.2 Å². The minimum absolute atomic E-state index is 0.203. The lowest BCUT2D eigenvalue weighted by Gasteiger charge is -2.38. The molecule has 0 bridgehead atoms. The van der Waals surface area contributed by atoms with E-state index in [1.54, 1.807) is 12.5 Å². The molecule has 2 fully saturated rings. The lowest BCUT2D eigenvalue weighted by atomic mass is 9.78. The lowest BCUT2D eigenvalue weighted by Crippen LogP contribution is -2.47. The van der Waals surface area contributed by atoms with Gasteiger partial charge < -0.3 is 9.32 Å². The third-order valence-corrected chi connectivity index (χ3v) is 5.54. The first-order valence-electron chi connectivity index (χ1n) is 9.10. The fourth-order valence-corrected chi connectivity index (χ4v) is 4.31. The van der Waals surface area contributed by atoms with Gasteiger partial charge in [-0.2, -0.15) is 0 Å². The number of likely N-dealkylation sites (tertiary alicyclic amines) is 2. The van der Waals surface area contributed by atoms with Crippen molar-refractivity contribution in [1.82, 2.24) is 14.8 Å². The maximum Gasteiger partial charge on any atom is 0.230 e. The number of aromatic nitrogens is 1. The molecule has 0 aliphatic carbocycles. The summed E-state index contributed by atoms with van der Waals surface area (Å²) >= 11 is 0. The van der Waals surface area contributed by atoms with Crippen molar-refractivity contribution in [2.24, 2.45) is 5.41 Å². The van der Waals surface area contributed by atoms with Crippen LogP contribution in [-0.4, -0.2) is 40.3 Å². The van der Waals surface area contributed by atoms with E-state index in [9.17, 15) is 4.79 Å². The number of furan rings is 1. The number of rotatable bonds is 4. The Kier molecular flexibility index (Phi) is 4.34. The highest BCUT2D eigenvalue weighted by atomic mass is 16.3. The summed E-state index contributed by atoms with van der Waals surface area (Å²) in [5.41, 5.74) is 2.97. The molecule has 2 aromatic heterocycles. The topological polar surface area (TPSA) is 49.6 Å². The van der Waals surface area contributed by atoms with Crippen LogP contribution in [0, 0.1) is 12.3 Å². The molecule has 1 atom stereocenters. The Hall–Kier alpha value is -2.14. The highest BCUT2D eigenvalue weighted by Crippen LogP contribution is 2.41. The summed E-state index contributed by atoms with van der Waals surface area (Å²) in [5.74, 6) is 0.313. The van der Waals surface area contributed by atoms with Gasteiger partial charge in [0.15, 0.2) is 0 Å². The fraction of sp³-hybridized carbons (Fsp3) is 0.500. The summed E-state index contributed by atoms with van der Waals surface area (Å²) in [4.78, 5) is 22.1. The maximum absolute atomic E-state index is 13.2. The van der Waals surface area contributed by atoms with E-state index >= 15 is 0 Å². The third-order valence-electron chi connectivity index (χ3n) is 5.54. The van der Waals surface area contributed by atoms with Crippen LogP contribution in [0.2, 0.25) is 0 Å². The number of nitrogens with zero attached hydrogens (tertiary/aromatic N) is 3. The van der Waals surface area contributed by atoms with Crippen LogP contribution in [0.4, 0.5) is 0 Å². The monoisotopic (exact) mass is 339 g/mol. The first-order chi connectivity index (χ1) is 12.1. The summed E-state index contributed by atoms with van der Waals surface area (Å²) in [6, 6.07) is 8.03. The van der Waals surface area contributed by atoms with Crippen molar-refractivity contribution in [2.75, 3.05) is 19.6 Å². The molecule has 1 amide bonds. The van der Waals surface area contributed by atoms with E-state index in [0.717, 1.165) is 56.8 Å². The van der Waals surface area contributed by atoms with Gasteiger partial charge in [0.05, 0.1) is 30.2 Å². The number of piperidine rings is 1. The van der Waals surface area contributed by atoms with E-state index in [4.69, 9.17) is 4.42 Å². The van der Waals surface area contributed by atoms with Crippen LogP contribution < -0.4 is 0 Å². The smallest absolute Gasteiger partial charge is 0.230 e. The van der Waals surface area contributed by atoms with Crippen LogP contribution in [0.15, 0.2) is 41.2 Å². The van der Waals surface area contributed by atoms with Gasteiger partial charge >= 0.3 is 0 Å². The fourth-order valence-electron chi connectivity index (χ4n) is 4.31. The zero-order valence-corrected chi connectivity index (χ0v) is 14.8. The van der Waals surface area contributed by atoms with Crippen molar-refractivity contribution < 1.29 is 9.21 Å². The Balaban J connectivity index is 1.44. The zero-order chi connectivity index (χ0) is 17.3. The van der Waals surface area contributed by atoms with Crippen molar-refractivity contribution in [3.05, 3.63) is 53.7 Å². The van der Waals surface area contributed by atoms with Crippen molar-refractivity contribution in [1.29, 1.82) is 0 Å². The summed E-state index contributed by atoms with van der Waals surface area (Å²) in [6.07, 6.45) is 6.56. The van der Waals surface area contributed by atoms with Gasteiger partial charge in [-0.05, 0) is 50.9 Å². The van der Waals surface area contributed by atoms with Gasteiger partial charge in [0, 0.05) is 30.9 Å². The Bertz CT molecular complexity index is 743. The van der Waals surface area contributed by atoms with E-state index in [1.807, 2.05) is 36.1 Å². The van der Waals surface area contributed by atoms with Crippen molar-refractivity contribution >= 4 is 5.91 Å². The molecular weight excluding hydrogens is 314 g/mol. The number of carbonyl (C=O) groups is 1. The van der Waals surface area contributed by atoms with Crippen molar-refractivity contribution in [3.63, 3.8) is 0 Å². The second kappa shape index (κ2) is 6.64. The molecule has 0 saturated carbocycles. The van der Waals surface area contributed by atoms with Gasteiger partial charge in [0.2, 0.25) is 5.91 Å². The highest BCUT2D eigenvalue weighted by Gasteiger charge is 2.48. The van der Waals surface area contributed by atoms with E-state index in [2.05, 4.69) is 9.88 Å². The van der Waals surface area contributed by atoms with Gasteiger partial charge in [-0.25, -0.2) is 0 Å². The maximum atomic E-state index is 13.2. The molecule has 2 saturated heterocycles. The molecule has 0 radical (unpaired) electrons. The highest BCUT2D eigenvalue weighted by molar-refractivity contribution is 5.85. The molecule has 5 nitrogen and oxygen atoms in total. The first kappa shape index (κ1) is 16.3. The standard InChI is InChI=1S/C20H25N3O2/c1-16-4-2-5-18(21-16)13-23-10-8-20(19(23)24)7-3-9-22(15-20)12-17-6-11-25-14-17/h2,4-6,11,14H,3,7-10,12-13,15H2,1H3/t20-/m0/s1. The second-order valence-corrected chi connectivity index (χ2v) is 7.47. The number of amides is 1. The van der Waals surface area contributed by atoms with Crippen LogP contribution in [0.3, 0.4) is 0 Å². The van der Waals surface area contributed by atoms with Gasteiger partial charge in [-0.15, -0.1) is 0 Å². The Morgan fingerprint density at radius 3 is 2.92 bits per heavy atom. The van der Waals surface area contributed by atoms with Crippen LogP contribution >= 0.6 is 0 Å². The molecular formula is C20H25N3O2. The predicted octanol–water partition coefficient (Wildman–Crippen LogP) is 3.00. The normalized spacial score (nSPS) is 24.4. The molecule has 132 valence electrons. The Morgan fingerprint density at radius 2 is 2.12 bits per heavy atom. The Morgan fingerprint density at radius 1 is 1.20 bits per heavy atom. The van der Waals surface area contributed by atoms with Gasteiger partial charge in [-0.3, -0.25) is 14.7 Å². The van der Waals surface area contributed by atoms with E-state index in [1.165, 1.54) is 5.56 Å². The summed E-state index contributed by atoms with van der Waals surface area (Å²) in [5, 5.41) is 0. The molecule has 2 aromatic rings. The number of aryl methyl sites for hydroxylation is 1. The first-order valence-corrected chi connectivity index (χ1v) is 9.10. The quantitative estimate of drug-likeness (QED) is 0.859. The molecule has 5 heteroatoms. The molecule has 4 heterocycles. The van der Waals surface area contributed by atoms with Gasteiger partial charge in [-0.1, -0.05) is 6.07 Å². The molecule has 25 heavy (non-hydrogen) atoms. The van der Waals surface area contributed by atoms with Crippen molar-refractivity contribution in [3.8, 4) is 0 Å². The van der Waals surface area contributed by atoms with Crippen LogP contribution in [0.25, 0.3) is 0 Å². The molecule has 0 unspecified atom stereocenters. The van der Waals surface area contributed by atoms with Crippen LogP contribution in [0.5, 0.6) is 0 Å². The molecule has 0 aromatic carbocycles. The lowest BCUT2D eigenvalue weighted by molar-refractivity contribution is -0.139. The van der Waals surface area contributed by atoms with Gasteiger partial charge in [0.1, 0.15) is 0 Å². The molecule has 2 aliphatic rings. The minimum Gasteiger partial charge on any atom is -0.472 e. The summed E-state index contributed by atoms with van der Waals surface area (Å²) in [7, 11) is 0. The average molecular weight is 339 g/mol. The number of hydrogen-bond donors (Lipinski definition) is 0. The van der Waals surface area contributed by atoms with Crippen LogP contribution in [-0.2, 0) is 17.9 Å². The molecule has 2 aliphatic heterocycles. The largest absolute Gasteiger partial charge is 0.472 e. The number of pyridine rings is 1. The van der Waals surface area contributed by atoms with Gasteiger partial charge in [0.25, 0.3) is 0 Å². The van der Waals surface area contributed by atoms with Crippen molar-refractivity contribution in [2.45, 2.75) is 39.3 Å². The van der Waals surface area contributed by atoms with E-state index in [0.29, 0.717) is 12.5 Å². The van der Waals surface area contributed by atoms with E-state index in [-0.39, 0.29) is 5.41 Å². The predicted molar refractivity (Wildman–Crippen MR) is 94.7 cm³/mol. The number of carbonyl (C=O) groups excluding carboxylic acids is 1.